The van der Waals surface area contributed by atoms with Gasteiger partial charge in [-0.05, 0) is 23.1 Å². The van der Waals surface area contributed by atoms with Gasteiger partial charge in [-0.2, -0.15) is 10.1 Å². The summed E-state index contributed by atoms with van der Waals surface area (Å²) in [5.74, 6) is 1.18. The van der Waals surface area contributed by atoms with Crippen LogP contribution in [0.1, 0.15) is 27.5 Å². The minimum atomic E-state index is -0.0383. The lowest BCUT2D eigenvalue weighted by Crippen LogP contribution is -2.20. The first-order chi connectivity index (χ1) is 15.5. The second kappa shape index (κ2) is 8.36. The average molecular weight is 453 g/mol. The molecule has 166 valence electrons. The Labute approximate surface area is 189 Å². The molecule has 1 aliphatic rings. The van der Waals surface area contributed by atoms with Crippen LogP contribution in [0, 0.1) is 0 Å². The average Bonchev–Trinajstić information content (AvgIpc) is 3.54. The Kier molecular flexibility index (Phi) is 5.40. The van der Waals surface area contributed by atoms with E-state index in [4.69, 9.17) is 19.4 Å². The number of nitrogens with zero attached hydrogens (tertiary/aromatic N) is 6. The maximum Gasteiger partial charge on any atom is 0.263 e. The van der Waals surface area contributed by atoms with Gasteiger partial charge in [-0.1, -0.05) is 0 Å². The van der Waals surface area contributed by atoms with Crippen LogP contribution in [0.5, 0.6) is 5.88 Å². The number of hydrogen-bond donors (Lipinski definition) is 0. The van der Waals surface area contributed by atoms with E-state index in [0.29, 0.717) is 36.2 Å². The van der Waals surface area contributed by atoms with Crippen molar-refractivity contribution in [3.8, 4) is 11.6 Å². The number of ether oxygens (including phenoxy) is 2. The van der Waals surface area contributed by atoms with Gasteiger partial charge in [-0.25, -0.2) is 4.98 Å². The molecule has 1 fully saturated rings. The standard InChI is InChI=1S/C22H24N6O3S/c1-26(2)22(29)18-8-14(13-32-18)9-19-24-17-4-6-28(15-10-23-27(3)11-15)20(17)21(25-19)31-16-5-7-30-12-16/h4,6,8,10-11,13,16H,5,7,9,12H2,1-3H3/t16-/m0/s1. The second-order valence-electron chi connectivity index (χ2n) is 8.04. The van der Waals surface area contributed by atoms with Crippen LogP contribution in [0.25, 0.3) is 16.7 Å². The number of fused-ring (bicyclic) bond motifs is 1. The number of amides is 1. The summed E-state index contributed by atoms with van der Waals surface area (Å²) in [5, 5.41) is 6.26. The van der Waals surface area contributed by atoms with E-state index in [1.807, 2.05) is 41.5 Å². The molecule has 0 spiro atoms. The van der Waals surface area contributed by atoms with Gasteiger partial charge >= 0.3 is 0 Å². The third-order valence-electron chi connectivity index (χ3n) is 5.32. The Morgan fingerprint density at radius 3 is 2.97 bits per heavy atom. The summed E-state index contributed by atoms with van der Waals surface area (Å²) in [5.41, 5.74) is 3.52. The first kappa shape index (κ1) is 20.7. The first-order valence-electron chi connectivity index (χ1n) is 10.4. The quantitative estimate of drug-likeness (QED) is 0.447. The van der Waals surface area contributed by atoms with Crippen LogP contribution in [0.4, 0.5) is 0 Å². The number of aromatic nitrogens is 5. The zero-order valence-electron chi connectivity index (χ0n) is 18.2. The monoisotopic (exact) mass is 452 g/mol. The molecule has 9 nitrogen and oxygen atoms in total. The van der Waals surface area contributed by atoms with Crippen LogP contribution >= 0.6 is 11.3 Å². The molecule has 1 aliphatic heterocycles. The fourth-order valence-electron chi connectivity index (χ4n) is 3.72. The van der Waals surface area contributed by atoms with Crippen molar-refractivity contribution in [3.63, 3.8) is 0 Å². The van der Waals surface area contributed by atoms with E-state index >= 15 is 0 Å². The number of thiophene rings is 1. The molecule has 0 radical (unpaired) electrons. The van der Waals surface area contributed by atoms with E-state index in [1.165, 1.54) is 11.3 Å². The minimum Gasteiger partial charge on any atom is -0.470 e. The Bertz CT molecular complexity index is 1270. The van der Waals surface area contributed by atoms with E-state index in [-0.39, 0.29) is 12.0 Å². The highest BCUT2D eigenvalue weighted by atomic mass is 32.1. The summed E-state index contributed by atoms with van der Waals surface area (Å²) in [4.78, 5) is 24.1. The summed E-state index contributed by atoms with van der Waals surface area (Å²) in [6, 6.07) is 3.87. The van der Waals surface area contributed by atoms with Crippen LogP contribution < -0.4 is 4.74 Å². The summed E-state index contributed by atoms with van der Waals surface area (Å²) in [6.07, 6.45) is 6.99. The molecule has 10 heteroatoms. The Balaban J connectivity index is 1.52. The molecule has 1 amide bonds. The van der Waals surface area contributed by atoms with Crippen LogP contribution in [-0.4, -0.2) is 68.5 Å². The number of carbonyl (C=O) groups excluding carboxylic acids is 1. The van der Waals surface area contributed by atoms with Crippen molar-refractivity contribution in [2.75, 3.05) is 27.3 Å². The van der Waals surface area contributed by atoms with Gasteiger partial charge in [-0.3, -0.25) is 9.48 Å². The SMILES string of the molecule is CN(C)C(=O)c1cc(Cc2nc(O[C@H]3CCOC3)c3c(ccn3-c3cnn(C)c3)n2)cs1. The van der Waals surface area contributed by atoms with Crippen molar-refractivity contribution in [3.05, 3.63) is 52.4 Å². The Hall–Kier alpha value is -3.24. The molecule has 0 bridgehead atoms. The fraction of sp³-hybridized carbons (Fsp3) is 0.364. The molecule has 0 saturated carbocycles. The van der Waals surface area contributed by atoms with Gasteiger partial charge in [0.1, 0.15) is 17.4 Å². The largest absolute Gasteiger partial charge is 0.470 e. The van der Waals surface area contributed by atoms with Gasteiger partial charge in [0.25, 0.3) is 5.91 Å². The van der Waals surface area contributed by atoms with Crippen molar-refractivity contribution in [2.45, 2.75) is 18.9 Å². The lowest BCUT2D eigenvalue weighted by molar-refractivity contribution is 0.0832. The van der Waals surface area contributed by atoms with Gasteiger partial charge in [-0.15, -0.1) is 11.3 Å². The van der Waals surface area contributed by atoms with E-state index in [9.17, 15) is 4.79 Å². The van der Waals surface area contributed by atoms with Crippen LogP contribution in [0.3, 0.4) is 0 Å². The van der Waals surface area contributed by atoms with Crippen molar-refractivity contribution < 1.29 is 14.3 Å². The molecule has 4 aromatic rings. The van der Waals surface area contributed by atoms with Gasteiger partial charge in [0, 0.05) is 46.4 Å². The van der Waals surface area contributed by atoms with Gasteiger partial charge in [0.15, 0.2) is 0 Å². The fourth-order valence-corrected chi connectivity index (χ4v) is 4.65. The number of aryl methyl sites for hydroxylation is 1. The molecule has 1 atom stereocenters. The number of carbonyl (C=O) groups is 1. The molecule has 0 N–H and O–H groups in total. The molecular weight excluding hydrogens is 428 g/mol. The Morgan fingerprint density at radius 2 is 2.25 bits per heavy atom. The van der Waals surface area contributed by atoms with E-state index in [2.05, 4.69) is 5.10 Å². The molecule has 32 heavy (non-hydrogen) atoms. The predicted molar refractivity (Wildman–Crippen MR) is 121 cm³/mol. The maximum atomic E-state index is 12.2. The summed E-state index contributed by atoms with van der Waals surface area (Å²) in [7, 11) is 5.39. The summed E-state index contributed by atoms with van der Waals surface area (Å²) < 4.78 is 15.5. The smallest absolute Gasteiger partial charge is 0.263 e. The van der Waals surface area contributed by atoms with Crippen LogP contribution in [0.2, 0.25) is 0 Å². The zero-order chi connectivity index (χ0) is 22.2. The van der Waals surface area contributed by atoms with Crippen LogP contribution in [-0.2, 0) is 18.2 Å². The molecule has 1 saturated heterocycles. The van der Waals surface area contributed by atoms with Gasteiger partial charge in [0.2, 0.25) is 5.88 Å². The van der Waals surface area contributed by atoms with E-state index < -0.39 is 0 Å². The minimum absolute atomic E-state index is 0.00331. The molecule has 0 unspecified atom stereocenters. The normalized spacial score (nSPS) is 16.0. The molecule has 0 aromatic carbocycles. The molecule has 5 rings (SSSR count). The zero-order valence-corrected chi connectivity index (χ0v) is 19.0. The van der Waals surface area contributed by atoms with Crippen molar-refractivity contribution in [1.82, 2.24) is 29.2 Å². The van der Waals surface area contributed by atoms with E-state index in [0.717, 1.165) is 28.7 Å². The third kappa shape index (κ3) is 3.98. The van der Waals surface area contributed by atoms with Gasteiger partial charge < -0.3 is 18.9 Å². The highest BCUT2D eigenvalue weighted by Crippen LogP contribution is 2.29. The summed E-state index contributed by atoms with van der Waals surface area (Å²) >= 11 is 1.44. The first-order valence-corrected chi connectivity index (χ1v) is 11.3. The second-order valence-corrected chi connectivity index (χ2v) is 8.95. The maximum absolute atomic E-state index is 12.2. The van der Waals surface area contributed by atoms with Gasteiger partial charge in [0.05, 0.1) is 35.5 Å². The Morgan fingerprint density at radius 1 is 1.38 bits per heavy atom. The van der Waals surface area contributed by atoms with Crippen molar-refractivity contribution in [1.29, 1.82) is 0 Å². The molecular formula is C22H24N6O3S. The lowest BCUT2D eigenvalue weighted by atomic mass is 10.2. The molecule has 4 aromatic heterocycles. The van der Waals surface area contributed by atoms with Crippen LogP contribution in [0.15, 0.2) is 36.1 Å². The lowest BCUT2D eigenvalue weighted by Gasteiger charge is -2.14. The predicted octanol–water partition coefficient (Wildman–Crippen LogP) is 2.68. The number of rotatable bonds is 6. The summed E-state index contributed by atoms with van der Waals surface area (Å²) in [6.45, 7) is 1.24. The molecule has 0 aliphatic carbocycles. The molecule has 5 heterocycles. The van der Waals surface area contributed by atoms with Crippen molar-refractivity contribution in [2.24, 2.45) is 7.05 Å². The highest BCUT2D eigenvalue weighted by Gasteiger charge is 2.23. The van der Waals surface area contributed by atoms with E-state index in [1.54, 1.807) is 29.9 Å². The highest BCUT2D eigenvalue weighted by molar-refractivity contribution is 7.12. The topological polar surface area (TPSA) is 87.3 Å². The third-order valence-corrected chi connectivity index (χ3v) is 6.28. The number of hydrogen-bond acceptors (Lipinski definition) is 7. The van der Waals surface area contributed by atoms with Crippen molar-refractivity contribution >= 4 is 28.3 Å².